The number of anilines is 2. The summed E-state index contributed by atoms with van der Waals surface area (Å²) >= 11 is 9.22. The van der Waals surface area contributed by atoms with Gasteiger partial charge in [0.25, 0.3) is 0 Å². The third kappa shape index (κ3) is 3.27. The maximum Gasteiger partial charge on any atom is 0.246 e. The van der Waals surface area contributed by atoms with Gasteiger partial charge in [-0.2, -0.15) is 5.10 Å². The van der Waals surface area contributed by atoms with Crippen LogP contribution in [-0.2, 0) is 11.3 Å². The molecule has 100 valence electrons. The molecule has 0 saturated heterocycles. The molecule has 1 aromatic carbocycles. The van der Waals surface area contributed by atoms with Crippen molar-refractivity contribution in [2.75, 3.05) is 11.1 Å². The van der Waals surface area contributed by atoms with Crippen molar-refractivity contribution in [3.8, 4) is 0 Å². The third-order valence-corrected chi connectivity index (χ3v) is 3.63. The van der Waals surface area contributed by atoms with Crippen LogP contribution in [0.4, 0.5) is 11.4 Å². The summed E-state index contributed by atoms with van der Waals surface area (Å²) in [5.41, 5.74) is 7.68. The summed E-state index contributed by atoms with van der Waals surface area (Å²) in [7, 11) is 0. The molecular weight excluding hydrogens is 332 g/mol. The van der Waals surface area contributed by atoms with Crippen molar-refractivity contribution < 1.29 is 4.79 Å². The van der Waals surface area contributed by atoms with E-state index >= 15 is 0 Å². The van der Waals surface area contributed by atoms with Gasteiger partial charge in [-0.05, 0) is 41.1 Å². The van der Waals surface area contributed by atoms with Gasteiger partial charge in [-0.15, -0.1) is 0 Å². The Morgan fingerprint density at radius 1 is 1.58 bits per heavy atom. The normalized spacial score (nSPS) is 10.5. The lowest BCUT2D eigenvalue weighted by atomic mass is 10.3. The lowest BCUT2D eigenvalue weighted by molar-refractivity contribution is -0.116. The van der Waals surface area contributed by atoms with E-state index < -0.39 is 0 Å². The lowest BCUT2D eigenvalue weighted by Crippen LogP contribution is -2.20. The number of hydrogen-bond donors (Lipinski definition) is 2. The highest BCUT2D eigenvalue weighted by Crippen LogP contribution is 2.24. The van der Waals surface area contributed by atoms with E-state index in [9.17, 15) is 4.79 Å². The molecule has 0 aliphatic rings. The number of nitrogen functional groups attached to an aromatic ring is 1. The van der Waals surface area contributed by atoms with Gasteiger partial charge in [0.2, 0.25) is 5.91 Å². The Labute approximate surface area is 123 Å². The molecule has 1 amide bonds. The molecular formula is C12H12BrClN4O. The van der Waals surface area contributed by atoms with Crippen molar-refractivity contribution in [3.05, 3.63) is 39.6 Å². The summed E-state index contributed by atoms with van der Waals surface area (Å²) in [4.78, 5) is 11.9. The Morgan fingerprint density at radius 3 is 2.89 bits per heavy atom. The molecule has 0 aliphatic heterocycles. The quantitative estimate of drug-likeness (QED) is 0.842. The van der Waals surface area contributed by atoms with Gasteiger partial charge in [0.05, 0.1) is 22.6 Å². The van der Waals surface area contributed by atoms with E-state index in [-0.39, 0.29) is 12.5 Å². The van der Waals surface area contributed by atoms with Crippen LogP contribution in [0.1, 0.15) is 5.69 Å². The maximum atomic E-state index is 11.9. The first kappa shape index (κ1) is 13.9. The fourth-order valence-corrected chi connectivity index (χ4v) is 2.18. The Kier molecular flexibility index (Phi) is 4.11. The van der Waals surface area contributed by atoms with Gasteiger partial charge in [-0.1, -0.05) is 11.6 Å². The van der Waals surface area contributed by atoms with E-state index in [0.29, 0.717) is 16.4 Å². The molecule has 0 spiro atoms. The molecule has 0 unspecified atom stereocenters. The van der Waals surface area contributed by atoms with Crippen LogP contribution in [0.5, 0.6) is 0 Å². The number of amides is 1. The fraction of sp³-hybridized carbons (Fsp3) is 0.167. The molecule has 0 aliphatic carbocycles. The van der Waals surface area contributed by atoms with E-state index in [2.05, 4.69) is 26.3 Å². The number of halogens is 2. The minimum Gasteiger partial charge on any atom is -0.399 e. The molecule has 0 bridgehead atoms. The van der Waals surface area contributed by atoms with Gasteiger partial charge in [0, 0.05) is 10.2 Å². The van der Waals surface area contributed by atoms with Crippen molar-refractivity contribution in [1.82, 2.24) is 9.78 Å². The van der Waals surface area contributed by atoms with Crippen LogP contribution in [0, 0.1) is 6.92 Å². The van der Waals surface area contributed by atoms with Gasteiger partial charge < -0.3 is 11.1 Å². The highest BCUT2D eigenvalue weighted by atomic mass is 79.9. The van der Waals surface area contributed by atoms with Gasteiger partial charge >= 0.3 is 0 Å². The number of rotatable bonds is 3. The molecule has 19 heavy (non-hydrogen) atoms. The smallest absolute Gasteiger partial charge is 0.246 e. The number of hydrogen-bond acceptors (Lipinski definition) is 3. The predicted octanol–water partition coefficient (Wildman–Crippen LogP) is 2.83. The lowest BCUT2D eigenvalue weighted by Gasteiger charge is -2.09. The first-order chi connectivity index (χ1) is 8.97. The minimum atomic E-state index is -0.187. The second-order valence-corrected chi connectivity index (χ2v) is 5.28. The molecule has 0 saturated carbocycles. The molecule has 7 heteroatoms. The number of aromatic nitrogens is 2. The van der Waals surface area contributed by atoms with E-state index in [0.717, 1.165) is 10.2 Å². The standard InChI is InChI=1S/C12H12BrClN4O/c1-7-10(14)5-16-18(7)6-12(19)17-11-3-2-8(15)4-9(11)13/h2-5H,6,15H2,1H3,(H,17,19). The SMILES string of the molecule is Cc1c(Cl)cnn1CC(=O)Nc1ccc(N)cc1Br. The molecule has 2 rings (SSSR count). The molecule has 5 nitrogen and oxygen atoms in total. The number of carbonyl (C=O) groups is 1. The summed E-state index contributed by atoms with van der Waals surface area (Å²) in [5.74, 6) is -0.187. The van der Waals surface area contributed by atoms with Crippen molar-refractivity contribution in [2.24, 2.45) is 0 Å². The van der Waals surface area contributed by atoms with Crippen LogP contribution in [-0.4, -0.2) is 15.7 Å². The van der Waals surface area contributed by atoms with Gasteiger partial charge in [-0.25, -0.2) is 0 Å². The Hall–Kier alpha value is -1.53. The molecule has 0 fully saturated rings. The van der Waals surface area contributed by atoms with E-state index in [1.165, 1.54) is 6.20 Å². The third-order valence-electron chi connectivity index (χ3n) is 2.60. The Balaban J connectivity index is 2.07. The Bertz CT molecular complexity index is 626. The van der Waals surface area contributed by atoms with E-state index in [1.54, 1.807) is 22.9 Å². The van der Waals surface area contributed by atoms with Gasteiger partial charge in [0.15, 0.2) is 0 Å². The molecule has 1 aromatic heterocycles. The van der Waals surface area contributed by atoms with Gasteiger partial charge in [0.1, 0.15) is 6.54 Å². The summed E-state index contributed by atoms with van der Waals surface area (Å²) in [5, 5.41) is 7.35. The van der Waals surface area contributed by atoms with Crippen LogP contribution in [0.2, 0.25) is 5.02 Å². The van der Waals surface area contributed by atoms with Crippen molar-refractivity contribution >= 4 is 44.8 Å². The molecule has 0 atom stereocenters. The van der Waals surface area contributed by atoms with Crippen molar-refractivity contribution in [3.63, 3.8) is 0 Å². The molecule has 2 aromatic rings. The highest BCUT2D eigenvalue weighted by Gasteiger charge is 2.10. The molecule has 0 radical (unpaired) electrons. The van der Waals surface area contributed by atoms with Crippen molar-refractivity contribution in [1.29, 1.82) is 0 Å². The van der Waals surface area contributed by atoms with Crippen LogP contribution in [0.3, 0.4) is 0 Å². The fourth-order valence-electron chi connectivity index (χ4n) is 1.54. The number of nitrogens with two attached hydrogens (primary N) is 1. The van der Waals surface area contributed by atoms with Crippen LogP contribution in [0.25, 0.3) is 0 Å². The van der Waals surface area contributed by atoms with Crippen LogP contribution < -0.4 is 11.1 Å². The zero-order valence-electron chi connectivity index (χ0n) is 10.2. The first-order valence-electron chi connectivity index (χ1n) is 5.50. The molecule has 1 heterocycles. The average molecular weight is 344 g/mol. The summed E-state index contributed by atoms with van der Waals surface area (Å²) in [6, 6.07) is 5.18. The highest BCUT2D eigenvalue weighted by molar-refractivity contribution is 9.10. The van der Waals surface area contributed by atoms with Crippen LogP contribution in [0.15, 0.2) is 28.9 Å². The van der Waals surface area contributed by atoms with Crippen molar-refractivity contribution in [2.45, 2.75) is 13.5 Å². The number of nitrogens with zero attached hydrogens (tertiary/aromatic N) is 2. The summed E-state index contributed by atoms with van der Waals surface area (Å²) < 4.78 is 2.28. The first-order valence-corrected chi connectivity index (χ1v) is 6.67. The number of benzene rings is 1. The van der Waals surface area contributed by atoms with Gasteiger partial charge in [-0.3, -0.25) is 9.48 Å². The minimum absolute atomic E-state index is 0.107. The van der Waals surface area contributed by atoms with E-state index in [4.69, 9.17) is 17.3 Å². The monoisotopic (exact) mass is 342 g/mol. The number of nitrogens with one attached hydrogen (secondary N) is 1. The van der Waals surface area contributed by atoms with Crippen LogP contribution >= 0.6 is 27.5 Å². The Morgan fingerprint density at radius 2 is 2.32 bits per heavy atom. The number of carbonyl (C=O) groups excluding carboxylic acids is 1. The summed E-state index contributed by atoms with van der Waals surface area (Å²) in [6.07, 6.45) is 1.52. The molecule has 3 N–H and O–H groups in total. The topological polar surface area (TPSA) is 72.9 Å². The maximum absolute atomic E-state index is 11.9. The zero-order valence-corrected chi connectivity index (χ0v) is 12.5. The van der Waals surface area contributed by atoms with E-state index in [1.807, 2.05) is 6.92 Å². The predicted molar refractivity (Wildman–Crippen MR) is 79.2 cm³/mol. The second-order valence-electron chi connectivity index (χ2n) is 4.02. The zero-order chi connectivity index (χ0) is 14.0. The average Bonchev–Trinajstić information content (AvgIpc) is 2.65. The summed E-state index contributed by atoms with van der Waals surface area (Å²) in [6.45, 7) is 1.91. The second kappa shape index (κ2) is 5.63. The largest absolute Gasteiger partial charge is 0.399 e.